The quantitative estimate of drug-likeness (QED) is 0.273. The molecule has 0 bridgehead atoms. The van der Waals surface area contributed by atoms with Crippen LogP contribution in [0.15, 0.2) is 34.8 Å². The topological polar surface area (TPSA) is 40.1 Å². The van der Waals surface area contributed by atoms with E-state index >= 15 is 0 Å². The minimum Gasteiger partial charge on any atom is -0.872 e. The van der Waals surface area contributed by atoms with Crippen LogP contribution in [0.5, 0.6) is 0 Å². The summed E-state index contributed by atoms with van der Waals surface area (Å²) in [5, 5.41) is 11.1. The van der Waals surface area contributed by atoms with Crippen molar-refractivity contribution < 1.29 is 39.5 Å². The van der Waals surface area contributed by atoms with Crippen molar-refractivity contribution in [1.82, 2.24) is 0 Å². The van der Waals surface area contributed by atoms with Crippen molar-refractivity contribution in [3.63, 3.8) is 0 Å². The normalized spacial score (nSPS) is 10.4. The summed E-state index contributed by atoms with van der Waals surface area (Å²) >= 11 is 3.23. The molecule has 0 fully saturated rings. The Morgan fingerprint density at radius 1 is 1.46 bits per heavy atom. The Hall–Kier alpha value is -0.0900. The first-order chi connectivity index (χ1) is 5.74. The predicted molar refractivity (Wildman–Crippen MR) is 48.2 cm³/mol. The third kappa shape index (κ3) is 4.09. The molecule has 0 aliphatic rings. The van der Waals surface area contributed by atoms with E-state index in [1.165, 1.54) is 0 Å². The zero-order valence-electron chi connectivity index (χ0n) is 7.16. The number of carbonyl (C=O) groups is 1. The van der Waals surface area contributed by atoms with Crippen molar-refractivity contribution in [3.8, 4) is 0 Å². The van der Waals surface area contributed by atoms with Crippen molar-refractivity contribution >= 4 is 28.0 Å². The van der Waals surface area contributed by atoms with Gasteiger partial charge in [-0.2, -0.15) is 0 Å². The molecule has 0 saturated carbocycles. The molecule has 2 nitrogen and oxygen atoms in total. The van der Waals surface area contributed by atoms with Crippen LogP contribution in [0.4, 0.5) is 0 Å². The fraction of sp³-hybridized carbons (Fsp3) is 0. The molecule has 0 unspecified atom stereocenters. The maximum absolute atomic E-state index is 11.1. The van der Waals surface area contributed by atoms with Gasteiger partial charge in [-0.3, -0.25) is 4.79 Å². The molecule has 1 aromatic carbocycles. The maximum Gasteiger partial charge on any atom is 1.00 e. The molecule has 0 amide bonds. The fourth-order valence-electron chi connectivity index (χ4n) is 0.800. The van der Waals surface area contributed by atoms with E-state index in [0.29, 0.717) is 11.8 Å². The first-order valence-corrected chi connectivity index (χ1v) is 4.12. The van der Waals surface area contributed by atoms with Gasteiger partial charge < -0.3 is 5.11 Å². The standard InChI is InChI=1S/C9H7BrO2.Na/c10-8-3-1-2-7(6-8)9(12)4-5-11;/h1-6,12H;/q;+1/p-1. The zero-order valence-corrected chi connectivity index (χ0v) is 10.7. The second kappa shape index (κ2) is 6.38. The van der Waals surface area contributed by atoms with Crippen molar-refractivity contribution in [2.45, 2.75) is 0 Å². The van der Waals surface area contributed by atoms with Gasteiger partial charge in [0.05, 0.1) is 0 Å². The smallest absolute Gasteiger partial charge is 0.872 e. The van der Waals surface area contributed by atoms with E-state index in [9.17, 15) is 9.90 Å². The van der Waals surface area contributed by atoms with Crippen LogP contribution < -0.4 is 34.7 Å². The van der Waals surface area contributed by atoms with Gasteiger partial charge in [0.2, 0.25) is 0 Å². The summed E-state index contributed by atoms with van der Waals surface area (Å²) < 4.78 is 0.827. The Bertz CT molecular complexity index is 323. The van der Waals surface area contributed by atoms with Crippen LogP contribution in [-0.4, -0.2) is 6.29 Å². The summed E-state index contributed by atoms with van der Waals surface area (Å²) in [6, 6.07) is 6.89. The SMILES string of the molecule is O=CC=C([O-])c1cccc(Br)c1.[Na+]. The number of halogens is 1. The van der Waals surface area contributed by atoms with Gasteiger partial charge >= 0.3 is 29.6 Å². The molecule has 0 heterocycles. The molecule has 1 rings (SSSR count). The number of allylic oxidation sites excluding steroid dienone is 1. The van der Waals surface area contributed by atoms with E-state index < -0.39 is 0 Å². The number of rotatable bonds is 2. The molecule has 0 atom stereocenters. The molecule has 0 saturated heterocycles. The van der Waals surface area contributed by atoms with Crippen LogP contribution in [0.1, 0.15) is 5.56 Å². The van der Waals surface area contributed by atoms with E-state index in [1.807, 2.05) is 6.07 Å². The van der Waals surface area contributed by atoms with E-state index in [-0.39, 0.29) is 35.3 Å². The minimum absolute atomic E-state index is 0. The Balaban J connectivity index is 0.00000144. The van der Waals surface area contributed by atoms with Crippen molar-refractivity contribution in [2.75, 3.05) is 0 Å². The largest absolute Gasteiger partial charge is 1.00 e. The molecule has 4 heteroatoms. The molecular formula is C9H6BrNaO2. The van der Waals surface area contributed by atoms with E-state index in [4.69, 9.17) is 0 Å². The number of aldehydes is 1. The number of hydrogen-bond acceptors (Lipinski definition) is 2. The Labute approximate surface area is 107 Å². The van der Waals surface area contributed by atoms with Gasteiger partial charge in [-0.05, 0) is 23.8 Å². The van der Waals surface area contributed by atoms with Gasteiger partial charge in [0.25, 0.3) is 0 Å². The van der Waals surface area contributed by atoms with Gasteiger partial charge in [0, 0.05) is 4.47 Å². The van der Waals surface area contributed by atoms with Crippen LogP contribution in [0.3, 0.4) is 0 Å². The molecule has 0 aromatic heterocycles. The van der Waals surface area contributed by atoms with Gasteiger partial charge in [-0.1, -0.05) is 33.8 Å². The van der Waals surface area contributed by atoms with E-state index in [2.05, 4.69) is 15.9 Å². The van der Waals surface area contributed by atoms with Crippen LogP contribution in [0.25, 0.3) is 5.76 Å². The van der Waals surface area contributed by atoms with Gasteiger partial charge in [-0.15, -0.1) is 0 Å². The molecular weight excluding hydrogens is 243 g/mol. The zero-order chi connectivity index (χ0) is 8.97. The summed E-state index contributed by atoms with van der Waals surface area (Å²) in [5.74, 6) is -0.272. The third-order valence-corrected chi connectivity index (χ3v) is 1.82. The van der Waals surface area contributed by atoms with Gasteiger partial charge in [-0.25, -0.2) is 0 Å². The predicted octanol–water partition coefficient (Wildman–Crippen LogP) is -1.65. The van der Waals surface area contributed by atoms with Gasteiger partial charge in [0.1, 0.15) is 6.29 Å². The molecule has 0 N–H and O–H groups in total. The minimum atomic E-state index is -0.272. The molecule has 1 aromatic rings. The van der Waals surface area contributed by atoms with Crippen molar-refractivity contribution in [2.24, 2.45) is 0 Å². The number of carbonyl (C=O) groups excluding carboxylic acids is 1. The molecule has 0 radical (unpaired) electrons. The molecule has 62 valence electrons. The first kappa shape index (κ1) is 12.9. The van der Waals surface area contributed by atoms with Crippen molar-refractivity contribution in [3.05, 3.63) is 40.4 Å². The first-order valence-electron chi connectivity index (χ1n) is 3.32. The summed E-state index contributed by atoms with van der Waals surface area (Å²) in [6.45, 7) is 0. The Morgan fingerprint density at radius 2 is 2.15 bits per heavy atom. The molecule has 13 heavy (non-hydrogen) atoms. The third-order valence-electron chi connectivity index (χ3n) is 1.33. The molecule has 0 aliphatic carbocycles. The summed E-state index contributed by atoms with van der Waals surface area (Å²) in [6.07, 6.45) is 1.49. The Kier molecular flexibility index (Phi) is 6.33. The van der Waals surface area contributed by atoms with E-state index in [1.54, 1.807) is 18.2 Å². The average molecular weight is 249 g/mol. The monoisotopic (exact) mass is 248 g/mol. The Morgan fingerprint density at radius 3 is 2.69 bits per heavy atom. The number of benzene rings is 1. The molecule has 0 spiro atoms. The summed E-state index contributed by atoms with van der Waals surface area (Å²) in [7, 11) is 0. The van der Waals surface area contributed by atoms with E-state index in [0.717, 1.165) is 10.5 Å². The second-order valence-electron chi connectivity index (χ2n) is 2.18. The summed E-state index contributed by atoms with van der Waals surface area (Å²) in [4.78, 5) is 9.99. The molecule has 0 aliphatic heterocycles. The van der Waals surface area contributed by atoms with Crippen LogP contribution in [-0.2, 0) is 4.79 Å². The fourth-order valence-corrected chi connectivity index (χ4v) is 1.20. The van der Waals surface area contributed by atoms with Crippen LogP contribution in [0, 0.1) is 0 Å². The van der Waals surface area contributed by atoms with Gasteiger partial charge in [0.15, 0.2) is 0 Å². The van der Waals surface area contributed by atoms with Crippen LogP contribution in [0.2, 0.25) is 0 Å². The maximum atomic E-state index is 11.1. The average Bonchev–Trinajstić information content (AvgIpc) is 2.05. The van der Waals surface area contributed by atoms with Crippen LogP contribution >= 0.6 is 15.9 Å². The number of hydrogen-bond donors (Lipinski definition) is 0. The van der Waals surface area contributed by atoms with Crippen molar-refractivity contribution in [1.29, 1.82) is 0 Å². The summed E-state index contributed by atoms with van der Waals surface area (Å²) in [5.41, 5.74) is 0.511. The second-order valence-corrected chi connectivity index (χ2v) is 3.09.